The van der Waals surface area contributed by atoms with Crippen LogP contribution in [0.3, 0.4) is 0 Å². The Hall–Kier alpha value is -1.35. The first-order valence-corrected chi connectivity index (χ1v) is 3.65. The summed E-state index contributed by atoms with van der Waals surface area (Å²) in [5.74, 6) is -0.321. The van der Waals surface area contributed by atoms with E-state index < -0.39 is 0 Å². The molecule has 0 saturated heterocycles. The number of methoxy groups -OCH3 is 1. The van der Waals surface area contributed by atoms with E-state index in [9.17, 15) is 4.79 Å². The summed E-state index contributed by atoms with van der Waals surface area (Å²) in [6.45, 7) is 0.488. The SMILES string of the molecule is COC(=O)c1ccc(CN)cc1.[HH]. The third-order valence-electron chi connectivity index (χ3n) is 1.61. The van der Waals surface area contributed by atoms with E-state index in [0.717, 1.165) is 5.56 Å². The molecule has 0 aliphatic carbocycles. The maximum absolute atomic E-state index is 11.0. The Morgan fingerprint density at radius 1 is 1.50 bits per heavy atom. The molecular formula is C9H13NO2. The third kappa shape index (κ3) is 1.83. The van der Waals surface area contributed by atoms with Crippen molar-refractivity contribution in [3.63, 3.8) is 0 Å². The molecule has 1 aromatic rings. The number of carbonyl (C=O) groups is 1. The lowest BCUT2D eigenvalue weighted by Crippen LogP contribution is -2.02. The van der Waals surface area contributed by atoms with Crippen molar-refractivity contribution >= 4 is 5.97 Å². The third-order valence-corrected chi connectivity index (χ3v) is 1.61. The zero-order valence-electron chi connectivity index (χ0n) is 6.91. The molecule has 0 aliphatic heterocycles. The molecule has 0 saturated carbocycles. The van der Waals surface area contributed by atoms with E-state index in [1.54, 1.807) is 12.1 Å². The van der Waals surface area contributed by atoms with Gasteiger partial charge in [0.15, 0.2) is 0 Å². The van der Waals surface area contributed by atoms with Gasteiger partial charge < -0.3 is 10.5 Å². The van der Waals surface area contributed by atoms with Crippen LogP contribution in [0.5, 0.6) is 0 Å². The van der Waals surface area contributed by atoms with E-state index in [4.69, 9.17) is 5.73 Å². The number of rotatable bonds is 2. The van der Waals surface area contributed by atoms with Crippen molar-refractivity contribution in [1.29, 1.82) is 0 Å². The van der Waals surface area contributed by atoms with Gasteiger partial charge in [0.1, 0.15) is 0 Å². The van der Waals surface area contributed by atoms with Gasteiger partial charge in [-0.1, -0.05) is 12.1 Å². The van der Waals surface area contributed by atoms with Crippen molar-refractivity contribution in [3.8, 4) is 0 Å². The van der Waals surface area contributed by atoms with Crippen LogP contribution in [0.1, 0.15) is 17.3 Å². The minimum atomic E-state index is -0.321. The molecule has 3 heteroatoms. The van der Waals surface area contributed by atoms with Gasteiger partial charge in [-0.2, -0.15) is 0 Å². The first-order chi connectivity index (χ1) is 5.77. The molecule has 1 aromatic carbocycles. The van der Waals surface area contributed by atoms with Crippen LogP contribution in [0.2, 0.25) is 0 Å². The second-order valence-electron chi connectivity index (χ2n) is 2.39. The monoisotopic (exact) mass is 167 g/mol. The van der Waals surface area contributed by atoms with Crippen LogP contribution in [0.25, 0.3) is 0 Å². The molecule has 0 heterocycles. The van der Waals surface area contributed by atoms with Gasteiger partial charge in [0.2, 0.25) is 0 Å². The molecule has 66 valence electrons. The van der Waals surface area contributed by atoms with Gasteiger partial charge in [0.05, 0.1) is 12.7 Å². The lowest BCUT2D eigenvalue weighted by Gasteiger charge is -1.99. The summed E-state index contributed by atoms with van der Waals surface area (Å²) < 4.78 is 4.54. The number of esters is 1. The second kappa shape index (κ2) is 3.88. The molecule has 1 rings (SSSR count). The molecule has 0 radical (unpaired) electrons. The van der Waals surface area contributed by atoms with Crippen LogP contribution in [0, 0.1) is 0 Å². The number of hydrogen-bond acceptors (Lipinski definition) is 3. The zero-order valence-corrected chi connectivity index (χ0v) is 6.91. The van der Waals surface area contributed by atoms with Crippen molar-refractivity contribution < 1.29 is 11.0 Å². The largest absolute Gasteiger partial charge is 0.465 e. The molecular weight excluding hydrogens is 154 g/mol. The molecule has 0 spiro atoms. The summed E-state index contributed by atoms with van der Waals surface area (Å²) in [5.41, 5.74) is 6.95. The molecule has 2 N–H and O–H groups in total. The topological polar surface area (TPSA) is 52.3 Å². The first kappa shape index (κ1) is 8.74. The van der Waals surface area contributed by atoms with E-state index in [0.29, 0.717) is 12.1 Å². The predicted octanol–water partition coefficient (Wildman–Crippen LogP) is 1.18. The lowest BCUT2D eigenvalue weighted by molar-refractivity contribution is 0.0600. The van der Waals surface area contributed by atoms with Crippen LogP contribution < -0.4 is 5.73 Å². The number of ether oxygens (including phenoxy) is 1. The number of carbonyl (C=O) groups excluding carboxylic acids is 1. The van der Waals surface area contributed by atoms with Crippen LogP contribution in [-0.2, 0) is 11.3 Å². The molecule has 0 amide bonds. The Morgan fingerprint density at radius 2 is 2.08 bits per heavy atom. The molecule has 0 unspecified atom stereocenters. The van der Waals surface area contributed by atoms with E-state index in [-0.39, 0.29) is 7.40 Å². The van der Waals surface area contributed by atoms with Gasteiger partial charge in [-0.3, -0.25) is 0 Å². The average molecular weight is 167 g/mol. The average Bonchev–Trinajstić information content (AvgIpc) is 2.17. The van der Waals surface area contributed by atoms with Gasteiger partial charge >= 0.3 is 5.97 Å². The molecule has 3 nitrogen and oxygen atoms in total. The summed E-state index contributed by atoms with van der Waals surface area (Å²) in [7, 11) is 1.36. The highest BCUT2D eigenvalue weighted by atomic mass is 16.5. The standard InChI is InChI=1S/C9H11NO2.H2/c1-12-9(11)8-4-2-7(6-10)3-5-8;/h2-5H,6,10H2,1H3;1H. The fourth-order valence-electron chi connectivity index (χ4n) is 0.895. The molecule has 0 aromatic heterocycles. The summed E-state index contributed by atoms with van der Waals surface area (Å²) in [5, 5.41) is 0. The molecule has 12 heavy (non-hydrogen) atoms. The Labute approximate surface area is 72.6 Å². The summed E-state index contributed by atoms with van der Waals surface area (Å²) in [6, 6.07) is 7.03. The smallest absolute Gasteiger partial charge is 0.337 e. The predicted molar refractivity (Wildman–Crippen MR) is 47.8 cm³/mol. The minimum absolute atomic E-state index is 0. The van der Waals surface area contributed by atoms with E-state index in [2.05, 4.69) is 4.74 Å². The fourth-order valence-corrected chi connectivity index (χ4v) is 0.895. The Bertz CT molecular complexity index is 271. The zero-order chi connectivity index (χ0) is 8.97. The number of nitrogens with two attached hydrogens (primary N) is 1. The first-order valence-electron chi connectivity index (χ1n) is 3.65. The molecule has 0 fully saturated rings. The minimum Gasteiger partial charge on any atom is -0.465 e. The van der Waals surface area contributed by atoms with E-state index in [1.807, 2.05) is 12.1 Å². The van der Waals surface area contributed by atoms with Gasteiger partial charge in [-0.25, -0.2) is 4.79 Å². The second-order valence-corrected chi connectivity index (χ2v) is 2.39. The lowest BCUT2D eigenvalue weighted by atomic mass is 10.1. The Kier molecular flexibility index (Phi) is 2.82. The molecule has 0 aliphatic rings. The van der Waals surface area contributed by atoms with Gasteiger partial charge in [0, 0.05) is 7.97 Å². The fraction of sp³-hybridized carbons (Fsp3) is 0.222. The summed E-state index contributed by atoms with van der Waals surface area (Å²) >= 11 is 0. The van der Waals surface area contributed by atoms with Gasteiger partial charge in [0.25, 0.3) is 0 Å². The van der Waals surface area contributed by atoms with E-state index in [1.165, 1.54) is 7.11 Å². The van der Waals surface area contributed by atoms with Crippen LogP contribution in [-0.4, -0.2) is 13.1 Å². The summed E-state index contributed by atoms with van der Waals surface area (Å²) in [4.78, 5) is 11.0. The van der Waals surface area contributed by atoms with Crippen LogP contribution >= 0.6 is 0 Å². The highest BCUT2D eigenvalue weighted by Gasteiger charge is 2.02. The van der Waals surface area contributed by atoms with Crippen LogP contribution in [0.4, 0.5) is 0 Å². The van der Waals surface area contributed by atoms with Crippen LogP contribution in [0.15, 0.2) is 24.3 Å². The van der Waals surface area contributed by atoms with Gasteiger partial charge in [-0.05, 0) is 17.7 Å². The van der Waals surface area contributed by atoms with Crippen molar-refractivity contribution in [2.24, 2.45) is 5.73 Å². The van der Waals surface area contributed by atoms with Crippen molar-refractivity contribution in [2.75, 3.05) is 7.11 Å². The molecule has 0 atom stereocenters. The maximum Gasteiger partial charge on any atom is 0.337 e. The normalized spacial score (nSPS) is 9.50. The van der Waals surface area contributed by atoms with Crippen molar-refractivity contribution in [3.05, 3.63) is 35.4 Å². The number of benzene rings is 1. The highest BCUT2D eigenvalue weighted by Crippen LogP contribution is 2.04. The quantitative estimate of drug-likeness (QED) is 0.673. The van der Waals surface area contributed by atoms with Crippen molar-refractivity contribution in [1.82, 2.24) is 0 Å². The van der Waals surface area contributed by atoms with Crippen molar-refractivity contribution in [2.45, 2.75) is 6.54 Å². The summed E-state index contributed by atoms with van der Waals surface area (Å²) in [6.07, 6.45) is 0. The maximum atomic E-state index is 11.0. The van der Waals surface area contributed by atoms with Gasteiger partial charge in [-0.15, -0.1) is 0 Å². The Balaban J connectivity index is 0.00000144. The van der Waals surface area contributed by atoms with E-state index >= 15 is 0 Å². The highest BCUT2D eigenvalue weighted by molar-refractivity contribution is 5.89. The molecule has 0 bridgehead atoms. The Morgan fingerprint density at radius 3 is 2.50 bits per heavy atom. The number of hydrogen-bond donors (Lipinski definition) is 1.